The molecule has 2 saturated carbocycles. The van der Waals surface area contributed by atoms with Crippen molar-refractivity contribution in [2.45, 2.75) is 91.3 Å². The molecular weight excluding hydrogens is 532 g/mol. The van der Waals surface area contributed by atoms with Crippen molar-refractivity contribution in [2.75, 3.05) is 26.4 Å². The first-order chi connectivity index (χ1) is 19.1. The second kappa shape index (κ2) is 10.1. The van der Waals surface area contributed by atoms with Crippen molar-refractivity contribution in [2.24, 2.45) is 28.1 Å². The Balaban J connectivity index is 1.34. The molecule has 0 unspecified atom stereocenters. The molecular formula is C31H42O10. The fourth-order valence-corrected chi connectivity index (χ4v) is 7.75. The minimum atomic E-state index is -0.921. The van der Waals surface area contributed by atoms with Crippen molar-refractivity contribution in [3.63, 3.8) is 0 Å². The van der Waals surface area contributed by atoms with Gasteiger partial charge in [0.25, 0.3) is 0 Å². The van der Waals surface area contributed by atoms with Crippen LogP contribution in [0.1, 0.15) is 80.1 Å². The summed E-state index contributed by atoms with van der Waals surface area (Å²) in [6.45, 7) is 11.9. The molecule has 226 valence electrons. The first kappa shape index (κ1) is 29.5. The van der Waals surface area contributed by atoms with Gasteiger partial charge in [-0.05, 0) is 53.4 Å². The van der Waals surface area contributed by atoms with Crippen LogP contribution >= 0.6 is 0 Å². The molecule has 0 aromatic rings. The van der Waals surface area contributed by atoms with Gasteiger partial charge < -0.3 is 28.4 Å². The van der Waals surface area contributed by atoms with E-state index in [1.165, 1.54) is 12.2 Å². The average Bonchev–Trinajstić information content (AvgIpc) is 2.84. The summed E-state index contributed by atoms with van der Waals surface area (Å²) in [5.41, 5.74) is -4.19. The van der Waals surface area contributed by atoms with Crippen molar-refractivity contribution in [3.05, 3.63) is 23.7 Å². The number of esters is 4. The number of rotatable bonds is 0. The third-order valence-electron chi connectivity index (χ3n) is 9.39. The highest BCUT2D eigenvalue weighted by molar-refractivity contribution is 5.88. The van der Waals surface area contributed by atoms with Crippen LogP contribution in [0.25, 0.3) is 0 Å². The Morgan fingerprint density at radius 1 is 0.585 bits per heavy atom. The minimum Gasteiger partial charge on any atom is -0.497 e. The van der Waals surface area contributed by atoms with Crippen molar-refractivity contribution in [1.82, 2.24) is 0 Å². The van der Waals surface area contributed by atoms with Crippen LogP contribution in [0.3, 0.4) is 0 Å². The summed E-state index contributed by atoms with van der Waals surface area (Å²) in [6, 6.07) is 0. The third kappa shape index (κ3) is 5.12. The lowest BCUT2D eigenvalue weighted by Gasteiger charge is -2.58. The number of cyclic esters (lactones) is 2. The molecule has 3 heterocycles. The second-order valence-corrected chi connectivity index (χ2v) is 14.0. The molecule has 0 spiro atoms. The van der Waals surface area contributed by atoms with Crippen LogP contribution in [0.5, 0.6) is 0 Å². The Kier molecular flexibility index (Phi) is 7.22. The minimum absolute atomic E-state index is 0.0293. The number of ether oxygens (including phenoxy) is 6. The lowest BCUT2D eigenvalue weighted by molar-refractivity contribution is -0.229. The van der Waals surface area contributed by atoms with Gasteiger partial charge in [0, 0.05) is 18.3 Å². The van der Waals surface area contributed by atoms with Gasteiger partial charge in [0.1, 0.15) is 22.7 Å². The van der Waals surface area contributed by atoms with E-state index in [1.54, 1.807) is 0 Å². The standard InChI is InChI=1S/C31H42O10/c1-27(2)17-38-25(34)28(3)15-30(5)23(28)19(13-21(32)40-30)36-11-9-7-8-10-12-37-20-14-22(33)41-31(6)16-29(4,24(20)31)26(35)39-18-27/h13-14,23-24H,7-12,15-18H2,1-6H3/t23-,24-,28+,29+,30+,31+/m1/s1. The zero-order valence-corrected chi connectivity index (χ0v) is 25.0. The Morgan fingerprint density at radius 2 is 0.976 bits per heavy atom. The molecule has 0 N–H and O–H groups in total. The number of carbonyl (C=O) groups is 4. The predicted molar refractivity (Wildman–Crippen MR) is 144 cm³/mol. The van der Waals surface area contributed by atoms with Crippen molar-refractivity contribution >= 4 is 23.9 Å². The second-order valence-electron chi connectivity index (χ2n) is 14.0. The quantitative estimate of drug-likeness (QED) is 0.308. The van der Waals surface area contributed by atoms with E-state index in [4.69, 9.17) is 28.4 Å². The van der Waals surface area contributed by atoms with Crippen LogP contribution in [0.15, 0.2) is 23.7 Å². The fourth-order valence-electron chi connectivity index (χ4n) is 7.75. The highest BCUT2D eigenvalue weighted by Gasteiger charge is 2.70. The smallest absolute Gasteiger partial charge is 0.334 e. The van der Waals surface area contributed by atoms with Gasteiger partial charge in [-0.25, -0.2) is 9.59 Å². The Labute approximate surface area is 241 Å². The summed E-state index contributed by atoms with van der Waals surface area (Å²) in [5.74, 6) is -1.74. The zero-order valence-electron chi connectivity index (χ0n) is 25.0. The first-order valence-electron chi connectivity index (χ1n) is 14.6. The van der Waals surface area contributed by atoms with E-state index < -0.39 is 63.2 Å². The van der Waals surface area contributed by atoms with E-state index in [9.17, 15) is 19.2 Å². The van der Waals surface area contributed by atoms with Gasteiger partial charge in [0.2, 0.25) is 0 Å². The summed E-state index contributed by atoms with van der Waals surface area (Å²) >= 11 is 0. The zero-order chi connectivity index (χ0) is 29.8. The van der Waals surface area contributed by atoms with Gasteiger partial charge in [-0.1, -0.05) is 13.8 Å². The maximum Gasteiger partial charge on any atom is 0.334 e. The summed E-state index contributed by atoms with van der Waals surface area (Å²) in [6.07, 6.45) is 6.57. The van der Waals surface area contributed by atoms with Gasteiger partial charge >= 0.3 is 23.9 Å². The van der Waals surface area contributed by atoms with Gasteiger partial charge in [-0.15, -0.1) is 0 Å². The highest BCUT2D eigenvalue weighted by Crippen LogP contribution is 2.62. The molecule has 5 aliphatic rings. The Bertz CT molecular complexity index is 1110. The predicted octanol–water partition coefficient (Wildman–Crippen LogP) is 4.16. The lowest BCUT2D eigenvalue weighted by atomic mass is 9.51. The fraction of sp³-hybridized carbons (Fsp3) is 0.742. The maximum absolute atomic E-state index is 13.4. The highest BCUT2D eigenvalue weighted by atomic mass is 16.6. The molecule has 2 aliphatic carbocycles. The van der Waals surface area contributed by atoms with Gasteiger partial charge in [-0.2, -0.15) is 0 Å². The average molecular weight is 575 g/mol. The van der Waals surface area contributed by atoms with Gasteiger partial charge in [-0.3, -0.25) is 9.59 Å². The molecule has 0 amide bonds. The molecule has 41 heavy (non-hydrogen) atoms. The van der Waals surface area contributed by atoms with Crippen LogP contribution in [-0.2, 0) is 47.6 Å². The van der Waals surface area contributed by atoms with Crippen molar-refractivity contribution < 1.29 is 47.6 Å². The van der Waals surface area contributed by atoms with E-state index in [-0.39, 0.29) is 13.2 Å². The molecule has 0 radical (unpaired) electrons. The lowest BCUT2D eigenvalue weighted by Crippen LogP contribution is -2.66. The maximum atomic E-state index is 13.4. The number of hydrogen-bond acceptors (Lipinski definition) is 10. The first-order valence-corrected chi connectivity index (χ1v) is 14.6. The van der Waals surface area contributed by atoms with Crippen LogP contribution in [0.2, 0.25) is 0 Å². The molecule has 0 aromatic heterocycles. The van der Waals surface area contributed by atoms with E-state index in [0.29, 0.717) is 37.6 Å². The van der Waals surface area contributed by atoms with Crippen LogP contribution in [0, 0.1) is 28.1 Å². The number of carbonyl (C=O) groups excluding carboxylic acids is 4. The van der Waals surface area contributed by atoms with Crippen LogP contribution < -0.4 is 0 Å². The van der Waals surface area contributed by atoms with E-state index in [1.807, 2.05) is 41.5 Å². The Morgan fingerprint density at radius 3 is 1.37 bits per heavy atom. The molecule has 1 saturated heterocycles. The largest absolute Gasteiger partial charge is 0.497 e. The third-order valence-corrected chi connectivity index (χ3v) is 9.39. The van der Waals surface area contributed by atoms with Crippen LogP contribution in [-0.4, -0.2) is 61.5 Å². The molecule has 5 rings (SSSR count). The van der Waals surface area contributed by atoms with E-state index >= 15 is 0 Å². The molecule has 0 aromatic carbocycles. The topological polar surface area (TPSA) is 124 Å². The molecule has 10 heteroatoms. The monoisotopic (exact) mass is 574 g/mol. The molecule has 0 bridgehead atoms. The van der Waals surface area contributed by atoms with Crippen LogP contribution in [0.4, 0.5) is 0 Å². The molecule has 3 aliphatic heterocycles. The molecule has 6 atom stereocenters. The summed E-state index contributed by atoms with van der Waals surface area (Å²) < 4.78 is 35.0. The van der Waals surface area contributed by atoms with Crippen molar-refractivity contribution in [1.29, 1.82) is 0 Å². The van der Waals surface area contributed by atoms with Gasteiger partial charge in [0.15, 0.2) is 0 Å². The SMILES string of the molecule is CC1(C)COC(=O)[C@@]2(C)C[C@]3(C)OC(=O)C=C(OCCCCCCOC4=CC(=O)O[C@@]5(C)C[C@](C)(C(=O)OC1)[C@@H]45)[C@@H]32. The van der Waals surface area contributed by atoms with Gasteiger partial charge in [0.05, 0.1) is 61.2 Å². The summed E-state index contributed by atoms with van der Waals surface area (Å²) in [7, 11) is 0. The Hall–Kier alpha value is -3.04. The van der Waals surface area contributed by atoms with E-state index in [2.05, 4.69) is 0 Å². The van der Waals surface area contributed by atoms with E-state index in [0.717, 1.165) is 25.7 Å². The molecule has 10 nitrogen and oxygen atoms in total. The summed E-state index contributed by atoms with van der Waals surface area (Å²) in [4.78, 5) is 51.4. The summed E-state index contributed by atoms with van der Waals surface area (Å²) in [5, 5.41) is 0. The van der Waals surface area contributed by atoms with Crippen molar-refractivity contribution in [3.8, 4) is 0 Å². The number of hydrogen-bond donors (Lipinski definition) is 0. The molecule has 3 fully saturated rings. The normalized spacial score (nSPS) is 41.2.